The molecule has 0 fully saturated rings. The van der Waals surface area contributed by atoms with Crippen LogP contribution < -0.4 is 11.1 Å². The van der Waals surface area contributed by atoms with E-state index in [9.17, 15) is 14.4 Å². The average Bonchev–Trinajstić information content (AvgIpc) is 2.48. The number of esters is 2. The fraction of sp³-hybridized carbons (Fsp3) is 0.188. The number of anilines is 2. The van der Waals surface area contributed by atoms with Crippen LogP contribution in [0.15, 0.2) is 49.1 Å². The Morgan fingerprint density at radius 3 is 1.54 bits per heavy atom. The lowest BCUT2D eigenvalue weighted by molar-refractivity contribution is -0.156. The zero-order valence-corrected chi connectivity index (χ0v) is 13.7. The minimum atomic E-state index is -0.562. The summed E-state index contributed by atoms with van der Waals surface area (Å²) in [6, 6.07) is 6.98. The van der Waals surface area contributed by atoms with Crippen LogP contribution in [0.2, 0.25) is 0 Å². The summed E-state index contributed by atoms with van der Waals surface area (Å²) in [6.45, 7) is 3.84. The van der Waals surface area contributed by atoms with Gasteiger partial charge in [0.1, 0.15) is 0 Å². The molecular formula is C16H20N4O4. The Morgan fingerprint density at radius 1 is 0.875 bits per heavy atom. The van der Waals surface area contributed by atoms with Gasteiger partial charge in [0.2, 0.25) is 5.91 Å². The number of hydrogen-bond acceptors (Lipinski definition) is 7. The average molecular weight is 332 g/mol. The van der Waals surface area contributed by atoms with Crippen LogP contribution in [-0.2, 0) is 19.1 Å². The molecule has 0 atom stereocenters. The smallest absolute Gasteiger partial charge is 0.310 e. The Hall–Kier alpha value is -3.29. The van der Waals surface area contributed by atoms with E-state index in [1.165, 1.54) is 20.8 Å². The van der Waals surface area contributed by atoms with E-state index in [0.29, 0.717) is 0 Å². The molecule has 8 nitrogen and oxygen atoms in total. The first-order valence-electron chi connectivity index (χ1n) is 6.83. The Kier molecular flexibility index (Phi) is 10.6. The van der Waals surface area contributed by atoms with Gasteiger partial charge in [0.25, 0.3) is 0 Å². The highest BCUT2D eigenvalue weighted by Gasteiger charge is 1.93. The maximum absolute atomic E-state index is 10.5. The van der Waals surface area contributed by atoms with Crippen molar-refractivity contribution in [3.05, 3.63) is 49.1 Å². The largest absolute Gasteiger partial charge is 0.399 e. The van der Waals surface area contributed by atoms with Gasteiger partial charge in [-0.1, -0.05) is 0 Å². The monoisotopic (exact) mass is 332 g/mol. The van der Waals surface area contributed by atoms with Crippen molar-refractivity contribution in [3.63, 3.8) is 0 Å². The van der Waals surface area contributed by atoms with Crippen LogP contribution in [0.25, 0.3) is 0 Å². The molecule has 0 spiro atoms. The number of nitrogens with one attached hydrogen (secondary N) is 1. The molecule has 0 aromatic carbocycles. The number of aromatic nitrogens is 2. The predicted octanol–water partition coefficient (Wildman–Crippen LogP) is 1.80. The molecule has 0 aliphatic heterocycles. The quantitative estimate of drug-likeness (QED) is 0.602. The van der Waals surface area contributed by atoms with E-state index in [1.54, 1.807) is 49.1 Å². The zero-order chi connectivity index (χ0) is 18.4. The van der Waals surface area contributed by atoms with Crippen molar-refractivity contribution in [3.8, 4) is 0 Å². The second-order valence-electron chi connectivity index (χ2n) is 4.28. The van der Waals surface area contributed by atoms with Crippen molar-refractivity contribution in [1.29, 1.82) is 0 Å². The van der Waals surface area contributed by atoms with Gasteiger partial charge in [-0.05, 0) is 24.3 Å². The lowest BCUT2D eigenvalue weighted by Crippen LogP contribution is -2.05. The third kappa shape index (κ3) is 13.7. The molecule has 1 amide bonds. The number of nitrogens with zero attached hydrogens (tertiary/aromatic N) is 2. The Labute approximate surface area is 140 Å². The minimum absolute atomic E-state index is 0.0637. The van der Waals surface area contributed by atoms with Crippen molar-refractivity contribution < 1.29 is 19.1 Å². The lowest BCUT2D eigenvalue weighted by atomic mass is 10.4. The summed E-state index contributed by atoms with van der Waals surface area (Å²) in [5, 5.41) is 2.63. The van der Waals surface area contributed by atoms with Gasteiger partial charge in [-0.25, -0.2) is 0 Å². The number of pyridine rings is 2. The van der Waals surface area contributed by atoms with Crippen LogP contribution in [-0.4, -0.2) is 27.8 Å². The molecule has 0 unspecified atom stereocenters. The van der Waals surface area contributed by atoms with E-state index in [2.05, 4.69) is 20.0 Å². The van der Waals surface area contributed by atoms with Gasteiger partial charge >= 0.3 is 11.9 Å². The molecule has 8 heteroatoms. The van der Waals surface area contributed by atoms with E-state index in [1.807, 2.05) is 0 Å². The van der Waals surface area contributed by atoms with Gasteiger partial charge in [-0.15, -0.1) is 0 Å². The van der Waals surface area contributed by atoms with Gasteiger partial charge in [-0.2, -0.15) is 0 Å². The van der Waals surface area contributed by atoms with Gasteiger partial charge in [0.05, 0.1) is 0 Å². The number of nitrogens with two attached hydrogens (primary N) is 1. The van der Waals surface area contributed by atoms with Crippen molar-refractivity contribution in [2.24, 2.45) is 0 Å². The van der Waals surface area contributed by atoms with Gasteiger partial charge in [0.15, 0.2) is 0 Å². The highest BCUT2D eigenvalue weighted by molar-refractivity contribution is 5.88. The summed E-state index contributed by atoms with van der Waals surface area (Å²) < 4.78 is 3.97. The number of hydrogen-bond donors (Lipinski definition) is 2. The highest BCUT2D eigenvalue weighted by atomic mass is 16.6. The van der Waals surface area contributed by atoms with Gasteiger partial charge < -0.3 is 15.8 Å². The van der Waals surface area contributed by atoms with E-state index >= 15 is 0 Å². The highest BCUT2D eigenvalue weighted by Crippen LogP contribution is 2.01. The topological polar surface area (TPSA) is 124 Å². The van der Waals surface area contributed by atoms with Crippen molar-refractivity contribution in [2.75, 3.05) is 11.1 Å². The molecule has 0 saturated heterocycles. The summed E-state index contributed by atoms with van der Waals surface area (Å²) in [6.07, 6.45) is 6.58. The Balaban J connectivity index is 0.000000340. The third-order valence-electron chi connectivity index (χ3n) is 1.99. The molecule has 2 heterocycles. The van der Waals surface area contributed by atoms with Crippen LogP contribution in [0, 0.1) is 0 Å². The number of nitrogen functional groups attached to an aromatic ring is 1. The van der Waals surface area contributed by atoms with E-state index < -0.39 is 11.9 Å². The number of rotatable bonds is 1. The lowest BCUT2D eigenvalue weighted by Gasteiger charge is -1.97. The summed E-state index contributed by atoms with van der Waals surface area (Å²) in [4.78, 5) is 37.7. The van der Waals surface area contributed by atoms with E-state index in [-0.39, 0.29) is 5.91 Å². The fourth-order valence-electron chi connectivity index (χ4n) is 1.20. The third-order valence-corrected chi connectivity index (χ3v) is 1.99. The molecule has 128 valence electrons. The molecule has 0 bridgehead atoms. The number of amides is 1. The van der Waals surface area contributed by atoms with Crippen molar-refractivity contribution in [2.45, 2.75) is 20.8 Å². The van der Waals surface area contributed by atoms with Gasteiger partial charge in [0, 0.05) is 56.9 Å². The Morgan fingerprint density at radius 2 is 1.29 bits per heavy atom. The van der Waals surface area contributed by atoms with Crippen LogP contribution in [0.4, 0.5) is 11.4 Å². The van der Waals surface area contributed by atoms with Crippen molar-refractivity contribution in [1.82, 2.24) is 9.97 Å². The second kappa shape index (κ2) is 12.3. The van der Waals surface area contributed by atoms with Crippen molar-refractivity contribution >= 4 is 29.2 Å². The first-order valence-corrected chi connectivity index (χ1v) is 6.83. The first kappa shape index (κ1) is 20.7. The molecule has 2 aromatic rings. The normalized spacial score (nSPS) is 8.46. The van der Waals surface area contributed by atoms with Crippen LogP contribution in [0.1, 0.15) is 20.8 Å². The minimum Gasteiger partial charge on any atom is -0.399 e. The predicted molar refractivity (Wildman–Crippen MR) is 89.6 cm³/mol. The summed E-state index contributed by atoms with van der Waals surface area (Å²) in [5.74, 6) is -1.19. The maximum Gasteiger partial charge on any atom is 0.310 e. The summed E-state index contributed by atoms with van der Waals surface area (Å²) in [5.41, 5.74) is 6.86. The Bertz CT molecular complexity index is 621. The summed E-state index contributed by atoms with van der Waals surface area (Å²) in [7, 11) is 0. The second-order valence-corrected chi connectivity index (χ2v) is 4.28. The van der Waals surface area contributed by atoms with Gasteiger partial charge in [-0.3, -0.25) is 24.4 Å². The molecule has 2 aromatic heterocycles. The maximum atomic E-state index is 10.5. The molecular weight excluding hydrogens is 312 g/mol. The van der Waals surface area contributed by atoms with E-state index in [0.717, 1.165) is 11.4 Å². The molecule has 3 N–H and O–H groups in total. The number of carbonyl (C=O) groups excluding carboxylic acids is 3. The molecule has 0 radical (unpaired) electrons. The fourth-order valence-corrected chi connectivity index (χ4v) is 1.20. The summed E-state index contributed by atoms with van der Waals surface area (Å²) >= 11 is 0. The van der Waals surface area contributed by atoms with E-state index in [4.69, 9.17) is 5.73 Å². The standard InChI is InChI=1S/C7H8N2O.C5H6N2.C4H6O3/c1-6(10)9-7-2-4-8-5-3-7;6-5-1-3-7-4-2-5;1-3(5)7-4(2)6/h2-5H,1H3,(H,8,9,10);1-4H,(H2,6,7);1-2H3. The van der Waals surface area contributed by atoms with Crippen LogP contribution in [0.3, 0.4) is 0 Å². The SMILES string of the molecule is CC(=O)Nc1ccncc1.CC(=O)OC(C)=O.Nc1ccncc1. The molecule has 24 heavy (non-hydrogen) atoms. The molecule has 0 saturated carbocycles. The first-order chi connectivity index (χ1) is 11.3. The number of ether oxygens (including phenoxy) is 1. The molecule has 0 aliphatic carbocycles. The molecule has 0 aliphatic rings. The van der Waals surface area contributed by atoms with Crippen LogP contribution in [0.5, 0.6) is 0 Å². The number of carbonyl (C=O) groups is 3. The van der Waals surface area contributed by atoms with Crippen LogP contribution >= 0.6 is 0 Å². The zero-order valence-electron chi connectivity index (χ0n) is 13.7. The molecule has 2 rings (SSSR count).